The number of hydrogen-bond acceptors (Lipinski definition) is 3. The van der Waals surface area contributed by atoms with Gasteiger partial charge in [0.1, 0.15) is 5.75 Å². The number of carbonyl (C=O) groups is 1. The SMILES string of the molecule is CCCN(Cc1ccccc1)c1ccc(OCC(=O)O)cc1C. The van der Waals surface area contributed by atoms with Gasteiger partial charge in [-0.05, 0) is 42.7 Å². The molecular formula is C19H23NO3. The van der Waals surface area contributed by atoms with E-state index in [4.69, 9.17) is 9.84 Å². The maximum Gasteiger partial charge on any atom is 0.341 e. The third kappa shape index (κ3) is 5.02. The molecule has 0 spiro atoms. The smallest absolute Gasteiger partial charge is 0.341 e. The lowest BCUT2D eigenvalue weighted by Gasteiger charge is -2.26. The Morgan fingerprint density at radius 1 is 1.17 bits per heavy atom. The van der Waals surface area contributed by atoms with E-state index in [0.717, 1.165) is 30.8 Å². The van der Waals surface area contributed by atoms with Crippen molar-refractivity contribution in [3.63, 3.8) is 0 Å². The molecule has 1 N–H and O–H groups in total. The van der Waals surface area contributed by atoms with Crippen molar-refractivity contribution in [2.45, 2.75) is 26.8 Å². The number of aliphatic carboxylic acids is 1. The van der Waals surface area contributed by atoms with Crippen LogP contribution in [0.4, 0.5) is 5.69 Å². The zero-order valence-corrected chi connectivity index (χ0v) is 13.7. The van der Waals surface area contributed by atoms with Crippen LogP contribution < -0.4 is 9.64 Å². The first-order valence-electron chi connectivity index (χ1n) is 7.84. The van der Waals surface area contributed by atoms with Gasteiger partial charge in [-0.2, -0.15) is 0 Å². The fourth-order valence-corrected chi connectivity index (χ4v) is 2.58. The average molecular weight is 313 g/mol. The number of rotatable bonds is 8. The van der Waals surface area contributed by atoms with Crippen LogP contribution in [0.5, 0.6) is 5.75 Å². The number of ether oxygens (including phenoxy) is 1. The molecule has 0 fully saturated rings. The molecule has 0 aromatic heterocycles. The van der Waals surface area contributed by atoms with E-state index in [1.54, 1.807) is 0 Å². The van der Waals surface area contributed by atoms with Crippen molar-refractivity contribution < 1.29 is 14.6 Å². The minimum absolute atomic E-state index is 0.318. The number of nitrogens with zero attached hydrogens (tertiary/aromatic N) is 1. The molecule has 2 aromatic carbocycles. The monoisotopic (exact) mass is 313 g/mol. The maximum absolute atomic E-state index is 10.6. The van der Waals surface area contributed by atoms with Gasteiger partial charge in [0, 0.05) is 18.8 Å². The van der Waals surface area contributed by atoms with E-state index in [2.05, 4.69) is 36.1 Å². The molecule has 122 valence electrons. The molecule has 2 rings (SSSR count). The summed E-state index contributed by atoms with van der Waals surface area (Å²) in [6.45, 7) is 5.69. The molecule has 0 unspecified atom stereocenters. The standard InChI is InChI=1S/C19H23NO3/c1-3-11-20(13-16-7-5-4-6-8-16)18-10-9-17(12-15(18)2)23-14-19(21)22/h4-10,12H,3,11,13-14H2,1-2H3,(H,21,22). The molecule has 0 radical (unpaired) electrons. The highest BCUT2D eigenvalue weighted by Crippen LogP contribution is 2.26. The van der Waals surface area contributed by atoms with Crippen LogP contribution in [0.25, 0.3) is 0 Å². The second-order valence-electron chi connectivity index (χ2n) is 5.54. The molecule has 0 aliphatic heterocycles. The summed E-state index contributed by atoms with van der Waals surface area (Å²) in [4.78, 5) is 12.9. The zero-order chi connectivity index (χ0) is 16.7. The van der Waals surface area contributed by atoms with Crippen molar-refractivity contribution >= 4 is 11.7 Å². The van der Waals surface area contributed by atoms with Crippen LogP contribution in [0.2, 0.25) is 0 Å². The summed E-state index contributed by atoms with van der Waals surface area (Å²) in [5.41, 5.74) is 3.50. The van der Waals surface area contributed by atoms with Crippen molar-refractivity contribution in [1.82, 2.24) is 0 Å². The van der Waals surface area contributed by atoms with Crippen molar-refractivity contribution in [1.29, 1.82) is 0 Å². The number of carboxylic acid groups (broad SMARTS) is 1. The molecule has 0 aliphatic rings. The molecule has 0 heterocycles. The normalized spacial score (nSPS) is 10.3. The Bertz CT molecular complexity index is 640. The first-order valence-corrected chi connectivity index (χ1v) is 7.84. The molecule has 4 nitrogen and oxygen atoms in total. The summed E-state index contributed by atoms with van der Waals surface area (Å²) in [6.07, 6.45) is 1.06. The van der Waals surface area contributed by atoms with E-state index in [1.165, 1.54) is 5.56 Å². The Balaban J connectivity index is 2.16. The van der Waals surface area contributed by atoms with E-state index in [1.807, 2.05) is 31.2 Å². The van der Waals surface area contributed by atoms with Crippen molar-refractivity contribution in [3.8, 4) is 5.75 Å². The molecule has 4 heteroatoms. The Morgan fingerprint density at radius 2 is 1.91 bits per heavy atom. The number of benzene rings is 2. The van der Waals surface area contributed by atoms with Crippen molar-refractivity contribution in [3.05, 3.63) is 59.7 Å². The second-order valence-corrected chi connectivity index (χ2v) is 5.54. The second kappa shape index (κ2) is 8.22. The van der Waals surface area contributed by atoms with Crippen LogP contribution in [-0.2, 0) is 11.3 Å². The predicted molar refractivity (Wildman–Crippen MR) is 92.1 cm³/mol. The molecule has 0 atom stereocenters. The Labute approximate surface area is 137 Å². The molecule has 0 saturated heterocycles. The van der Waals surface area contributed by atoms with Crippen LogP contribution >= 0.6 is 0 Å². The summed E-state index contributed by atoms with van der Waals surface area (Å²) >= 11 is 0. The van der Waals surface area contributed by atoms with Gasteiger partial charge in [0.05, 0.1) is 0 Å². The van der Waals surface area contributed by atoms with Crippen LogP contribution in [0.3, 0.4) is 0 Å². The molecule has 0 amide bonds. The van der Waals surface area contributed by atoms with Gasteiger partial charge in [0.25, 0.3) is 0 Å². The lowest BCUT2D eigenvalue weighted by molar-refractivity contribution is -0.139. The average Bonchev–Trinajstić information content (AvgIpc) is 2.54. The third-order valence-corrected chi connectivity index (χ3v) is 3.58. The molecule has 23 heavy (non-hydrogen) atoms. The van der Waals surface area contributed by atoms with E-state index < -0.39 is 5.97 Å². The number of aryl methyl sites for hydroxylation is 1. The first-order chi connectivity index (χ1) is 11.1. The van der Waals surface area contributed by atoms with Crippen LogP contribution in [0.1, 0.15) is 24.5 Å². The van der Waals surface area contributed by atoms with Gasteiger partial charge in [0.2, 0.25) is 0 Å². The van der Waals surface area contributed by atoms with E-state index in [0.29, 0.717) is 5.75 Å². The number of anilines is 1. The Hall–Kier alpha value is -2.49. The van der Waals surface area contributed by atoms with E-state index >= 15 is 0 Å². The highest BCUT2D eigenvalue weighted by Gasteiger charge is 2.11. The third-order valence-electron chi connectivity index (χ3n) is 3.58. The quantitative estimate of drug-likeness (QED) is 0.803. The van der Waals surface area contributed by atoms with Gasteiger partial charge in [-0.3, -0.25) is 0 Å². The predicted octanol–water partition coefficient (Wildman–Crippen LogP) is 3.88. The lowest BCUT2D eigenvalue weighted by atomic mass is 10.1. The van der Waals surface area contributed by atoms with Gasteiger partial charge < -0.3 is 14.7 Å². The summed E-state index contributed by atoms with van der Waals surface area (Å²) in [5, 5.41) is 8.69. The van der Waals surface area contributed by atoms with Gasteiger partial charge in [-0.15, -0.1) is 0 Å². The fourth-order valence-electron chi connectivity index (χ4n) is 2.58. The molecular weight excluding hydrogens is 290 g/mol. The number of hydrogen-bond donors (Lipinski definition) is 1. The summed E-state index contributed by atoms with van der Waals surface area (Å²) in [7, 11) is 0. The van der Waals surface area contributed by atoms with Gasteiger partial charge in [0.15, 0.2) is 6.61 Å². The summed E-state index contributed by atoms with van der Waals surface area (Å²) in [6, 6.07) is 16.1. The van der Waals surface area contributed by atoms with Crippen molar-refractivity contribution in [2.75, 3.05) is 18.1 Å². The first kappa shape index (κ1) is 16.9. The highest BCUT2D eigenvalue weighted by atomic mass is 16.5. The minimum atomic E-state index is -0.969. The van der Waals surface area contributed by atoms with Crippen LogP contribution in [0, 0.1) is 6.92 Å². The van der Waals surface area contributed by atoms with E-state index in [9.17, 15) is 4.79 Å². The summed E-state index contributed by atoms with van der Waals surface area (Å²) in [5.74, 6) is -0.381. The van der Waals surface area contributed by atoms with E-state index in [-0.39, 0.29) is 6.61 Å². The van der Waals surface area contributed by atoms with Gasteiger partial charge in [-0.1, -0.05) is 37.3 Å². The molecule has 0 bridgehead atoms. The largest absolute Gasteiger partial charge is 0.482 e. The Kier molecular flexibility index (Phi) is 6.03. The summed E-state index contributed by atoms with van der Waals surface area (Å²) < 4.78 is 5.24. The zero-order valence-electron chi connectivity index (χ0n) is 13.7. The minimum Gasteiger partial charge on any atom is -0.482 e. The fraction of sp³-hybridized carbons (Fsp3) is 0.316. The highest BCUT2D eigenvalue weighted by molar-refractivity contribution is 5.68. The molecule has 2 aromatic rings. The Morgan fingerprint density at radius 3 is 2.52 bits per heavy atom. The van der Waals surface area contributed by atoms with Crippen LogP contribution in [0.15, 0.2) is 48.5 Å². The lowest BCUT2D eigenvalue weighted by Crippen LogP contribution is -2.24. The molecule has 0 saturated carbocycles. The van der Waals surface area contributed by atoms with Gasteiger partial charge in [-0.25, -0.2) is 4.79 Å². The molecule has 0 aliphatic carbocycles. The topological polar surface area (TPSA) is 49.8 Å². The van der Waals surface area contributed by atoms with Crippen LogP contribution in [-0.4, -0.2) is 24.2 Å². The van der Waals surface area contributed by atoms with Gasteiger partial charge >= 0.3 is 5.97 Å². The van der Waals surface area contributed by atoms with Crippen molar-refractivity contribution in [2.24, 2.45) is 0 Å². The maximum atomic E-state index is 10.6. The number of carboxylic acids is 1.